The number of rotatable bonds is 4. The number of carboxylic acid groups (broad SMARTS) is 1. The lowest BCUT2D eigenvalue weighted by Gasteiger charge is -2.35. The molecule has 2 unspecified atom stereocenters. The van der Waals surface area contributed by atoms with Gasteiger partial charge in [0.1, 0.15) is 6.04 Å². The van der Waals surface area contributed by atoms with Gasteiger partial charge >= 0.3 is 18.1 Å². The quantitative estimate of drug-likeness (QED) is 0.834. The molecule has 0 saturated carbocycles. The van der Waals surface area contributed by atoms with E-state index < -0.39 is 30.1 Å². The van der Waals surface area contributed by atoms with E-state index in [1.54, 1.807) is 13.8 Å². The molecule has 0 aliphatic heterocycles. The lowest BCUT2D eigenvalue weighted by atomic mass is 10.0. The minimum Gasteiger partial charge on any atom is -0.480 e. The van der Waals surface area contributed by atoms with Crippen LogP contribution in [0.25, 0.3) is 0 Å². The van der Waals surface area contributed by atoms with Gasteiger partial charge in [-0.1, -0.05) is 13.8 Å². The molecule has 100 valence electrons. The number of carbonyl (C=O) groups is 2. The van der Waals surface area contributed by atoms with Gasteiger partial charge in [0.15, 0.2) is 0 Å². The SMILES string of the molecule is CC(C)C(C)N(C(=O)C(F)(F)F)C(C)C(=O)O. The molecule has 17 heavy (non-hydrogen) atoms. The second-order valence-electron chi connectivity index (χ2n) is 4.21. The number of hydrogen-bond acceptors (Lipinski definition) is 2. The third-order valence-electron chi connectivity index (χ3n) is 2.66. The van der Waals surface area contributed by atoms with Crippen molar-refractivity contribution in [2.24, 2.45) is 5.92 Å². The first-order chi connectivity index (χ1) is 7.50. The monoisotopic (exact) mass is 255 g/mol. The molecule has 0 spiro atoms. The standard InChI is InChI=1S/C10H16F3NO3/c1-5(2)6(3)14(7(4)8(15)16)9(17)10(11,12)13/h5-7H,1-4H3,(H,15,16). The highest BCUT2D eigenvalue weighted by Crippen LogP contribution is 2.24. The van der Waals surface area contributed by atoms with Gasteiger partial charge in [0.05, 0.1) is 0 Å². The molecule has 0 fully saturated rings. The normalized spacial score (nSPS) is 15.5. The van der Waals surface area contributed by atoms with Crippen molar-refractivity contribution in [2.75, 3.05) is 0 Å². The van der Waals surface area contributed by atoms with Gasteiger partial charge in [-0.05, 0) is 19.8 Å². The summed E-state index contributed by atoms with van der Waals surface area (Å²) in [5.41, 5.74) is 0. The summed E-state index contributed by atoms with van der Waals surface area (Å²) in [6, 6.07) is -2.32. The predicted molar refractivity (Wildman–Crippen MR) is 54.3 cm³/mol. The van der Waals surface area contributed by atoms with Gasteiger partial charge in [0.25, 0.3) is 0 Å². The lowest BCUT2D eigenvalue weighted by Crippen LogP contribution is -2.54. The summed E-state index contributed by atoms with van der Waals surface area (Å²) in [6.45, 7) is 5.70. The van der Waals surface area contributed by atoms with Crippen molar-refractivity contribution >= 4 is 11.9 Å². The van der Waals surface area contributed by atoms with E-state index in [0.29, 0.717) is 4.90 Å². The van der Waals surface area contributed by atoms with Gasteiger partial charge in [-0.2, -0.15) is 13.2 Å². The van der Waals surface area contributed by atoms with Crippen LogP contribution in [0.1, 0.15) is 27.7 Å². The summed E-state index contributed by atoms with van der Waals surface area (Å²) in [5.74, 6) is -3.85. The van der Waals surface area contributed by atoms with Crippen LogP contribution < -0.4 is 0 Å². The zero-order valence-corrected chi connectivity index (χ0v) is 10.1. The molecule has 0 saturated heterocycles. The summed E-state index contributed by atoms with van der Waals surface area (Å²) in [5, 5.41) is 8.74. The highest BCUT2D eigenvalue weighted by atomic mass is 19.4. The van der Waals surface area contributed by atoms with Crippen LogP contribution in [0, 0.1) is 5.92 Å². The third kappa shape index (κ3) is 3.90. The summed E-state index contributed by atoms with van der Waals surface area (Å²) in [4.78, 5) is 22.3. The van der Waals surface area contributed by atoms with Crippen molar-refractivity contribution in [3.8, 4) is 0 Å². The smallest absolute Gasteiger partial charge is 0.471 e. The Bertz CT molecular complexity index is 302. The first kappa shape index (κ1) is 15.7. The Morgan fingerprint density at radius 2 is 1.53 bits per heavy atom. The number of carboxylic acids is 1. The molecule has 0 aromatic heterocycles. The van der Waals surface area contributed by atoms with Crippen molar-refractivity contribution in [1.29, 1.82) is 0 Å². The van der Waals surface area contributed by atoms with Gasteiger partial charge in [-0.15, -0.1) is 0 Å². The van der Waals surface area contributed by atoms with Crippen molar-refractivity contribution in [2.45, 2.75) is 46.0 Å². The average molecular weight is 255 g/mol. The van der Waals surface area contributed by atoms with Crippen LogP contribution >= 0.6 is 0 Å². The molecule has 0 rings (SSSR count). The molecule has 7 heteroatoms. The highest BCUT2D eigenvalue weighted by Gasteiger charge is 2.47. The van der Waals surface area contributed by atoms with Crippen LogP contribution in [0.5, 0.6) is 0 Å². The van der Waals surface area contributed by atoms with Crippen LogP contribution in [0.2, 0.25) is 0 Å². The van der Waals surface area contributed by atoms with Gasteiger partial charge < -0.3 is 10.0 Å². The largest absolute Gasteiger partial charge is 0.480 e. The Morgan fingerprint density at radius 3 is 1.76 bits per heavy atom. The number of halogens is 3. The number of amides is 1. The van der Waals surface area contributed by atoms with Gasteiger partial charge in [0.2, 0.25) is 0 Å². The number of carbonyl (C=O) groups excluding carboxylic acids is 1. The summed E-state index contributed by atoms with van der Waals surface area (Å²) < 4.78 is 37.1. The highest BCUT2D eigenvalue weighted by molar-refractivity contribution is 5.87. The summed E-state index contributed by atoms with van der Waals surface area (Å²) in [6.07, 6.45) is -5.06. The second-order valence-corrected chi connectivity index (χ2v) is 4.21. The van der Waals surface area contributed by atoms with Crippen LogP contribution in [0.15, 0.2) is 0 Å². The Balaban J connectivity index is 5.26. The number of aliphatic carboxylic acids is 1. The van der Waals surface area contributed by atoms with E-state index in [1.165, 1.54) is 6.92 Å². The fourth-order valence-electron chi connectivity index (χ4n) is 1.30. The fourth-order valence-corrected chi connectivity index (χ4v) is 1.30. The topological polar surface area (TPSA) is 57.6 Å². The second kappa shape index (κ2) is 5.37. The molecular weight excluding hydrogens is 239 g/mol. The maximum atomic E-state index is 12.4. The van der Waals surface area contributed by atoms with E-state index in [2.05, 4.69) is 0 Å². The zero-order valence-electron chi connectivity index (χ0n) is 10.1. The molecule has 0 aromatic rings. The molecule has 1 N–H and O–H groups in total. The van der Waals surface area contributed by atoms with E-state index in [1.807, 2.05) is 0 Å². The number of hydrogen-bond donors (Lipinski definition) is 1. The Kier molecular flexibility index (Phi) is 4.97. The minimum atomic E-state index is -5.06. The van der Waals surface area contributed by atoms with Crippen LogP contribution in [0.4, 0.5) is 13.2 Å². The fraction of sp³-hybridized carbons (Fsp3) is 0.800. The lowest BCUT2D eigenvalue weighted by molar-refractivity contribution is -0.192. The van der Waals surface area contributed by atoms with Gasteiger partial charge in [-0.3, -0.25) is 4.79 Å². The first-order valence-corrected chi connectivity index (χ1v) is 5.12. The molecular formula is C10H16F3NO3. The Hall–Kier alpha value is -1.27. The zero-order chi connectivity index (χ0) is 14.0. The molecule has 0 radical (unpaired) electrons. The maximum Gasteiger partial charge on any atom is 0.471 e. The van der Waals surface area contributed by atoms with Crippen molar-refractivity contribution in [1.82, 2.24) is 4.90 Å². The van der Waals surface area contributed by atoms with Crippen molar-refractivity contribution < 1.29 is 27.9 Å². The predicted octanol–water partition coefficient (Wildman–Crippen LogP) is 1.89. The Labute approximate surface area is 97.4 Å². The van der Waals surface area contributed by atoms with E-state index >= 15 is 0 Å². The molecule has 0 heterocycles. The van der Waals surface area contributed by atoms with Crippen molar-refractivity contribution in [3.05, 3.63) is 0 Å². The van der Waals surface area contributed by atoms with Crippen LogP contribution in [-0.4, -0.2) is 40.1 Å². The molecule has 0 aliphatic rings. The van der Waals surface area contributed by atoms with Crippen LogP contribution in [0.3, 0.4) is 0 Å². The minimum absolute atomic E-state index is 0.275. The first-order valence-electron chi connectivity index (χ1n) is 5.12. The summed E-state index contributed by atoms with van der Waals surface area (Å²) >= 11 is 0. The van der Waals surface area contributed by atoms with E-state index in [0.717, 1.165) is 6.92 Å². The van der Waals surface area contributed by atoms with E-state index in [-0.39, 0.29) is 5.92 Å². The average Bonchev–Trinajstić information content (AvgIpc) is 2.15. The van der Waals surface area contributed by atoms with E-state index in [9.17, 15) is 22.8 Å². The summed E-state index contributed by atoms with van der Waals surface area (Å²) in [7, 11) is 0. The molecule has 4 nitrogen and oxygen atoms in total. The van der Waals surface area contributed by atoms with Gasteiger partial charge in [0, 0.05) is 6.04 Å². The van der Waals surface area contributed by atoms with Crippen molar-refractivity contribution in [3.63, 3.8) is 0 Å². The number of alkyl halides is 3. The molecule has 2 atom stereocenters. The molecule has 0 aromatic carbocycles. The molecule has 0 bridgehead atoms. The van der Waals surface area contributed by atoms with E-state index in [4.69, 9.17) is 5.11 Å². The third-order valence-corrected chi connectivity index (χ3v) is 2.66. The molecule has 0 aliphatic carbocycles. The Morgan fingerprint density at radius 1 is 1.12 bits per heavy atom. The van der Waals surface area contributed by atoms with Crippen LogP contribution in [-0.2, 0) is 9.59 Å². The molecule has 1 amide bonds. The van der Waals surface area contributed by atoms with Gasteiger partial charge in [-0.25, -0.2) is 4.79 Å². The number of nitrogens with zero attached hydrogens (tertiary/aromatic N) is 1. The maximum absolute atomic E-state index is 12.4.